The summed E-state index contributed by atoms with van der Waals surface area (Å²) in [4.78, 5) is 0. The maximum absolute atomic E-state index is 6.74. The van der Waals surface area contributed by atoms with Gasteiger partial charge >= 0.3 is 0 Å². The fourth-order valence-corrected chi connectivity index (χ4v) is 8.25. The molecule has 1 aliphatic heterocycles. The standard InChI is InChI=1S/C36H72O3Si2/c1-9-11-13-15-17-19-21-23-25-27-29-35(38-40(3,4)5)33-31-32-34(37-33)36(39-41(6,7)8)30-28-26-24-22-20-18-16-14-12-10-2/h9,31-36H,1,10-30H2,2-8H3/t33-,34-,35-,36-/m1/s1. The van der Waals surface area contributed by atoms with E-state index in [1.165, 1.54) is 122 Å². The minimum Gasteiger partial charge on any atom is -0.412 e. The molecule has 0 spiro atoms. The second-order valence-corrected chi connectivity index (χ2v) is 23.6. The van der Waals surface area contributed by atoms with Crippen molar-refractivity contribution in [3.05, 3.63) is 24.8 Å². The lowest BCUT2D eigenvalue weighted by Gasteiger charge is -2.33. The van der Waals surface area contributed by atoms with Crippen molar-refractivity contribution in [1.29, 1.82) is 0 Å². The lowest BCUT2D eigenvalue weighted by molar-refractivity contribution is -0.0581. The molecule has 0 fully saturated rings. The van der Waals surface area contributed by atoms with Gasteiger partial charge in [0.05, 0.1) is 12.2 Å². The molecule has 0 radical (unpaired) electrons. The molecule has 41 heavy (non-hydrogen) atoms. The van der Waals surface area contributed by atoms with Gasteiger partial charge in [0.25, 0.3) is 0 Å². The van der Waals surface area contributed by atoms with Gasteiger partial charge < -0.3 is 13.6 Å². The van der Waals surface area contributed by atoms with Crippen LogP contribution in [0.15, 0.2) is 24.8 Å². The van der Waals surface area contributed by atoms with Crippen LogP contribution in [0.3, 0.4) is 0 Å². The van der Waals surface area contributed by atoms with Crippen molar-refractivity contribution in [2.24, 2.45) is 0 Å². The quantitative estimate of drug-likeness (QED) is 0.0502. The van der Waals surface area contributed by atoms with Crippen molar-refractivity contribution in [1.82, 2.24) is 0 Å². The second kappa shape index (κ2) is 23.2. The van der Waals surface area contributed by atoms with Crippen molar-refractivity contribution in [2.75, 3.05) is 0 Å². The summed E-state index contributed by atoms with van der Waals surface area (Å²) < 4.78 is 20.2. The van der Waals surface area contributed by atoms with Gasteiger partial charge in [0.2, 0.25) is 0 Å². The van der Waals surface area contributed by atoms with Gasteiger partial charge in [0.15, 0.2) is 16.6 Å². The molecule has 242 valence electrons. The van der Waals surface area contributed by atoms with Crippen LogP contribution in [0.25, 0.3) is 0 Å². The molecule has 1 heterocycles. The maximum Gasteiger partial charge on any atom is 0.184 e. The van der Waals surface area contributed by atoms with E-state index >= 15 is 0 Å². The minimum atomic E-state index is -1.66. The van der Waals surface area contributed by atoms with E-state index in [1.54, 1.807) is 0 Å². The second-order valence-electron chi connectivity index (χ2n) is 14.7. The molecule has 0 aliphatic carbocycles. The van der Waals surface area contributed by atoms with E-state index in [9.17, 15) is 0 Å². The van der Waals surface area contributed by atoms with Gasteiger partial charge in [-0.05, 0) is 65.0 Å². The van der Waals surface area contributed by atoms with E-state index in [1.807, 2.05) is 6.08 Å². The fourth-order valence-electron chi connectivity index (χ4n) is 5.93. The van der Waals surface area contributed by atoms with Crippen LogP contribution < -0.4 is 0 Å². The lowest BCUT2D eigenvalue weighted by Crippen LogP contribution is -2.42. The number of rotatable bonds is 28. The fraction of sp³-hybridized carbons (Fsp3) is 0.889. The Labute approximate surface area is 259 Å². The van der Waals surface area contributed by atoms with E-state index < -0.39 is 16.6 Å². The summed E-state index contributed by atoms with van der Waals surface area (Å²) in [6.45, 7) is 20.0. The number of allylic oxidation sites excluding steroid dienone is 1. The van der Waals surface area contributed by atoms with Crippen LogP contribution in [0.1, 0.15) is 142 Å². The van der Waals surface area contributed by atoms with Crippen LogP contribution in [0.5, 0.6) is 0 Å². The molecule has 0 aromatic rings. The molecule has 1 rings (SSSR count). The molecule has 0 aromatic heterocycles. The molecule has 3 nitrogen and oxygen atoms in total. The van der Waals surface area contributed by atoms with Crippen LogP contribution in [-0.4, -0.2) is 41.1 Å². The van der Waals surface area contributed by atoms with E-state index in [0.717, 1.165) is 12.8 Å². The summed E-state index contributed by atoms with van der Waals surface area (Å²) in [6, 6.07) is 0. The molecule has 4 atom stereocenters. The van der Waals surface area contributed by atoms with Gasteiger partial charge in [-0.25, -0.2) is 0 Å². The Hall–Kier alpha value is -0.206. The highest BCUT2D eigenvalue weighted by Crippen LogP contribution is 2.29. The molecule has 0 bridgehead atoms. The summed E-state index contributed by atoms with van der Waals surface area (Å²) in [6.07, 6.45) is 34.9. The molecular formula is C36H72O3Si2. The van der Waals surface area contributed by atoms with Crippen molar-refractivity contribution >= 4 is 16.6 Å². The van der Waals surface area contributed by atoms with Crippen molar-refractivity contribution in [2.45, 2.75) is 205 Å². The third-order valence-corrected chi connectivity index (χ3v) is 10.1. The molecule has 0 N–H and O–H groups in total. The smallest absolute Gasteiger partial charge is 0.184 e. The average Bonchev–Trinajstić information content (AvgIpc) is 3.38. The van der Waals surface area contributed by atoms with Crippen molar-refractivity contribution in [3.63, 3.8) is 0 Å². The molecule has 0 aromatic carbocycles. The van der Waals surface area contributed by atoms with Crippen molar-refractivity contribution in [3.8, 4) is 0 Å². The average molecular weight is 609 g/mol. The predicted molar refractivity (Wildman–Crippen MR) is 187 cm³/mol. The summed E-state index contributed by atoms with van der Waals surface area (Å²) in [5, 5.41) is 0. The molecular weight excluding hydrogens is 537 g/mol. The number of hydrogen-bond acceptors (Lipinski definition) is 3. The van der Waals surface area contributed by atoms with Crippen molar-refractivity contribution < 1.29 is 13.6 Å². The van der Waals surface area contributed by atoms with Gasteiger partial charge in [0, 0.05) is 0 Å². The van der Waals surface area contributed by atoms with Crippen LogP contribution in [0, 0.1) is 0 Å². The van der Waals surface area contributed by atoms with Gasteiger partial charge in [-0.1, -0.05) is 134 Å². The Morgan fingerprint density at radius 2 is 0.927 bits per heavy atom. The molecule has 0 amide bonds. The third-order valence-electron chi connectivity index (χ3n) is 8.04. The molecule has 1 aliphatic rings. The van der Waals surface area contributed by atoms with Crippen LogP contribution >= 0.6 is 0 Å². The predicted octanol–water partition coefficient (Wildman–Crippen LogP) is 12.1. The highest BCUT2D eigenvalue weighted by molar-refractivity contribution is 6.70. The Kier molecular flexibility index (Phi) is 22.0. The number of unbranched alkanes of at least 4 members (excludes halogenated alkanes) is 17. The summed E-state index contributed by atoms with van der Waals surface area (Å²) in [5.74, 6) is 0. The van der Waals surface area contributed by atoms with Crippen LogP contribution in [0.2, 0.25) is 39.3 Å². The summed E-state index contributed by atoms with van der Waals surface area (Å²) in [5.41, 5.74) is 0. The van der Waals surface area contributed by atoms with E-state index in [0.29, 0.717) is 0 Å². The first kappa shape index (κ1) is 38.8. The maximum atomic E-state index is 6.74. The van der Waals surface area contributed by atoms with Crippen LogP contribution in [-0.2, 0) is 13.6 Å². The third kappa shape index (κ3) is 22.0. The molecule has 0 saturated heterocycles. The summed E-state index contributed by atoms with van der Waals surface area (Å²) in [7, 11) is -3.33. The Morgan fingerprint density at radius 3 is 1.27 bits per heavy atom. The topological polar surface area (TPSA) is 27.7 Å². The molecule has 0 saturated carbocycles. The van der Waals surface area contributed by atoms with E-state index in [4.69, 9.17) is 13.6 Å². The zero-order valence-electron chi connectivity index (χ0n) is 28.8. The minimum absolute atomic E-state index is 0.0667. The lowest BCUT2D eigenvalue weighted by atomic mass is 10.0. The highest BCUT2D eigenvalue weighted by Gasteiger charge is 2.36. The van der Waals surface area contributed by atoms with Gasteiger partial charge in [0.1, 0.15) is 12.2 Å². The SMILES string of the molecule is C=CCCCCCCCCCC[C@@H](O[Si](C)(C)C)[C@H]1C=C[C@H]([C@@H](CCCCCCCCCCCC)O[Si](C)(C)C)O1. The zero-order chi connectivity index (χ0) is 30.4. The highest BCUT2D eigenvalue weighted by atomic mass is 28.4. The van der Waals surface area contributed by atoms with E-state index in [-0.39, 0.29) is 24.4 Å². The first-order chi connectivity index (χ1) is 19.6. The van der Waals surface area contributed by atoms with Gasteiger partial charge in [-0.15, -0.1) is 6.58 Å². The van der Waals surface area contributed by atoms with Gasteiger partial charge in [-0.3, -0.25) is 0 Å². The van der Waals surface area contributed by atoms with E-state index in [2.05, 4.69) is 64.9 Å². The van der Waals surface area contributed by atoms with Gasteiger partial charge in [-0.2, -0.15) is 0 Å². The molecule has 0 unspecified atom stereocenters. The Bertz CT molecular complexity index is 652. The first-order valence-electron chi connectivity index (χ1n) is 17.9. The summed E-state index contributed by atoms with van der Waals surface area (Å²) >= 11 is 0. The Morgan fingerprint density at radius 1 is 0.585 bits per heavy atom. The monoisotopic (exact) mass is 609 g/mol. The zero-order valence-corrected chi connectivity index (χ0v) is 30.8. The first-order valence-corrected chi connectivity index (χ1v) is 24.7. The normalized spacial score (nSPS) is 19.1. The number of ether oxygens (including phenoxy) is 1. The van der Waals surface area contributed by atoms with Crippen LogP contribution in [0.4, 0.5) is 0 Å². The molecule has 5 heteroatoms. The largest absolute Gasteiger partial charge is 0.412 e. The Balaban J connectivity index is 2.47. The number of hydrogen-bond donors (Lipinski definition) is 0.